The van der Waals surface area contributed by atoms with Gasteiger partial charge < -0.3 is 14.4 Å². The summed E-state index contributed by atoms with van der Waals surface area (Å²) in [5, 5.41) is 0. The maximum Gasteiger partial charge on any atom is 0.433 e. The summed E-state index contributed by atoms with van der Waals surface area (Å²) in [6.45, 7) is 2.81. The lowest BCUT2D eigenvalue weighted by Crippen LogP contribution is -2.21. The summed E-state index contributed by atoms with van der Waals surface area (Å²) in [7, 11) is 1.68. The zero-order valence-corrected chi connectivity index (χ0v) is 13.2. The first-order valence-corrected chi connectivity index (χ1v) is 7.35. The molecule has 1 aliphatic heterocycles. The highest BCUT2D eigenvalue weighted by molar-refractivity contribution is 5.46. The Kier molecular flexibility index (Phi) is 4.21. The standard InChI is InChI=1S/C16H16F3N3O2/c1-10-20-14(16(17,18)19)8-15(21-10)22(2)9-11-3-4-12-13(7-11)24-6-5-23-12/h3-4,7-8H,5-6,9H2,1-2H3. The normalized spacial score (nSPS) is 13.7. The Balaban J connectivity index is 1.82. The van der Waals surface area contributed by atoms with Crippen LogP contribution in [0, 0.1) is 6.92 Å². The molecule has 128 valence electrons. The second-order valence-corrected chi connectivity index (χ2v) is 5.49. The summed E-state index contributed by atoms with van der Waals surface area (Å²) in [6.07, 6.45) is -4.50. The molecule has 1 aromatic carbocycles. The molecule has 0 radical (unpaired) electrons. The van der Waals surface area contributed by atoms with Gasteiger partial charge in [-0.3, -0.25) is 0 Å². The Bertz CT molecular complexity index is 750. The Labute approximate surface area is 137 Å². The van der Waals surface area contributed by atoms with Crippen molar-refractivity contribution in [3.8, 4) is 11.5 Å². The maximum atomic E-state index is 12.9. The van der Waals surface area contributed by atoms with Crippen molar-refractivity contribution in [3.05, 3.63) is 41.3 Å². The van der Waals surface area contributed by atoms with Crippen LogP contribution in [0.15, 0.2) is 24.3 Å². The number of anilines is 1. The van der Waals surface area contributed by atoms with Gasteiger partial charge in [0.05, 0.1) is 0 Å². The predicted molar refractivity (Wildman–Crippen MR) is 81.3 cm³/mol. The van der Waals surface area contributed by atoms with Crippen molar-refractivity contribution < 1.29 is 22.6 Å². The van der Waals surface area contributed by atoms with Gasteiger partial charge in [0.15, 0.2) is 11.5 Å². The third kappa shape index (κ3) is 3.52. The van der Waals surface area contributed by atoms with Gasteiger partial charge in [0, 0.05) is 19.7 Å². The number of aromatic nitrogens is 2. The molecule has 1 aliphatic rings. The van der Waals surface area contributed by atoms with Gasteiger partial charge in [0.25, 0.3) is 0 Å². The van der Waals surface area contributed by atoms with Gasteiger partial charge in [-0.1, -0.05) is 6.07 Å². The second-order valence-electron chi connectivity index (χ2n) is 5.49. The number of hydrogen-bond acceptors (Lipinski definition) is 5. The summed E-state index contributed by atoms with van der Waals surface area (Å²) < 4.78 is 49.6. The molecule has 0 spiro atoms. The number of ether oxygens (including phenoxy) is 2. The Morgan fingerprint density at radius 2 is 1.79 bits per heavy atom. The first-order valence-electron chi connectivity index (χ1n) is 7.35. The second kappa shape index (κ2) is 6.18. The molecule has 0 aliphatic carbocycles. The lowest BCUT2D eigenvalue weighted by molar-refractivity contribution is -0.141. The van der Waals surface area contributed by atoms with Gasteiger partial charge >= 0.3 is 6.18 Å². The fraction of sp³-hybridized carbons (Fsp3) is 0.375. The van der Waals surface area contributed by atoms with Gasteiger partial charge in [-0.2, -0.15) is 13.2 Å². The van der Waals surface area contributed by atoms with Gasteiger partial charge in [-0.15, -0.1) is 0 Å². The molecule has 0 N–H and O–H groups in total. The molecule has 0 saturated carbocycles. The number of aryl methyl sites for hydroxylation is 1. The molecule has 0 fully saturated rings. The molecular formula is C16H16F3N3O2. The molecule has 1 aromatic heterocycles. The van der Waals surface area contributed by atoms with E-state index in [4.69, 9.17) is 9.47 Å². The van der Waals surface area contributed by atoms with Gasteiger partial charge in [-0.25, -0.2) is 9.97 Å². The number of benzene rings is 1. The summed E-state index contributed by atoms with van der Waals surface area (Å²) in [6, 6.07) is 6.42. The summed E-state index contributed by atoms with van der Waals surface area (Å²) in [4.78, 5) is 9.18. The van der Waals surface area contributed by atoms with E-state index in [-0.39, 0.29) is 11.6 Å². The Morgan fingerprint density at radius 1 is 1.08 bits per heavy atom. The van der Waals surface area contributed by atoms with Crippen LogP contribution in [-0.4, -0.2) is 30.2 Å². The molecule has 2 aromatic rings. The van der Waals surface area contributed by atoms with E-state index in [1.165, 1.54) is 6.92 Å². The van der Waals surface area contributed by atoms with Crippen LogP contribution in [0.5, 0.6) is 11.5 Å². The molecular weight excluding hydrogens is 323 g/mol. The number of nitrogens with zero attached hydrogens (tertiary/aromatic N) is 3. The SMILES string of the molecule is Cc1nc(N(C)Cc2ccc3c(c2)OCCO3)cc(C(F)(F)F)n1. The molecule has 0 amide bonds. The fourth-order valence-electron chi connectivity index (χ4n) is 2.43. The summed E-state index contributed by atoms with van der Waals surface area (Å²) >= 11 is 0. The Hall–Kier alpha value is -2.51. The van der Waals surface area contributed by atoms with E-state index in [9.17, 15) is 13.2 Å². The van der Waals surface area contributed by atoms with Crippen LogP contribution in [0.3, 0.4) is 0 Å². The van der Waals surface area contributed by atoms with Crippen LogP contribution < -0.4 is 14.4 Å². The van der Waals surface area contributed by atoms with E-state index in [2.05, 4.69) is 9.97 Å². The molecule has 8 heteroatoms. The first-order chi connectivity index (χ1) is 11.3. The molecule has 0 bridgehead atoms. The minimum atomic E-state index is -4.50. The van der Waals surface area contributed by atoms with E-state index in [1.54, 1.807) is 18.0 Å². The zero-order chi connectivity index (χ0) is 17.3. The van der Waals surface area contributed by atoms with Crippen LogP contribution in [-0.2, 0) is 12.7 Å². The lowest BCUT2D eigenvalue weighted by Gasteiger charge is -2.22. The number of hydrogen-bond donors (Lipinski definition) is 0. The van der Waals surface area contributed by atoms with E-state index in [1.807, 2.05) is 12.1 Å². The highest BCUT2D eigenvalue weighted by atomic mass is 19.4. The molecule has 3 rings (SSSR count). The van der Waals surface area contributed by atoms with Crippen molar-refractivity contribution >= 4 is 5.82 Å². The van der Waals surface area contributed by atoms with Crippen molar-refractivity contribution in [2.24, 2.45) is 0 Å². The van der Waals surface area contributed by atoms with Crippen LogP contribution >= 0.6 is 0 Å². The van der Waals surface area contributed by atoms with Crippen molar-refractivity contribution in [2.75, 3.05) is 25.2 Å². The minimum absolute atomic E-state index is 0.0776. The van der Waals surface area contributed by atoms with Crippen LogP contribution in [0.4, 0.5) is 19.0 Å². The van der Waals surface area contributed by atoms with E-state index in [0.717, 1.165) is 11.6 Å². The minimum Gasteiger partial charge on any atom is -0.486 e. The maximum absolute atomic E-state index is 12.9. The van der Waals surface area contributed by atoms with Gasteiger partial charge in [0.2, 0.25) is 0 Å². The highest BCUT2D eigenvalue weighted by Gasteiger charge is 2.33. The summed E-state index contributed by atoms with van der Waals surface area (Å²) in [5.74, 6) is 1.60. The largest absolute Gasteiger partial charge is 0.486 e. The number of halogens is 3. The van der Waals surface area contributed by atoms with Crippen LogP contribution in [0.25, 0.3) is 0 Å². The number of fused-ring (bicyclic) bond motifs is 1. The summed E-state index contributed by atoms with van der Waals surface area (Å²) in [5.41, 5.74) is -0.0643. The molecule has 2 heterocycles. The number of alkyl halides is 3. The zero-order valence-electron chi connectivity index (χ0n) is 13.2. The molecule has 24 heavy (non-hydrogen) atoms. The Morgan fingerprint density at radius 3 is 2.50 bits per heavy atom. The molecule has 5 nitrogen and oxygen atoms in total. The molecule has 0 atom stereocenters. The first kappa shape index (κ1) is 16.4. The number of rotatable bonds is 3. The van der Waals surface area contributed by atoms with Crippen LogP contribution in [0.2, 0.25) is 0 Å². The van der Waals surface area contributed by atoms with Gasteiger partial charge in [0.1, 0.15) is 30.5 Å². The monoisotopic (exact) mass is 339 g/mol. The van der Waals surface area contributed by atoms with Crippen LogP contribution in [0.1, 0.15) is 17.1 Å². The highest BCUT2D eigenvalue weighted by Crippen LogP contribution is 2.32. The van der Waals surface area contributed by atoms with Gasteiger partial charge in [-0.05, 0) is 24.6 Å². The average Bonchev–Trinajstić information content (AvgIpc) is 2.53. The molecule has 0 unspecified atom stereocenters. The van der Waals surface area contributed by atoms with E-state index < -0.39 is 11.9 Å². The van der Waals surface area contributed by atoms with Crippen molar-refractivity contribution in [3.63, 3.8) is 0 Å². The van der Waals surface area contributed by atoms with E-state index in [0.29, 0.717) is 31.3 Å². The quantitative estimate of drug-likeness (QED) is 0.859. The fourth-order valence-corrected chi connectivity index (χ4v) is 2.43. The molecule has 0 saturated heterocycles. The predicted octanol–water partition coefficient (Wildman–Crippen LogP) is 3.21. The third-order valence-corrected chi connectivity index (χ3v) is 3.53. The third-order valence-electron chi connectivity index (χ3n) is 3.53. The lowest BCUT2D eigenvalue weighted by atomic mass is 10.2. The average molecular weight is 339 g/mol. The topological polar surface area (TPSA) is 47.5 Å². The van der Waals surface area contributed by atoms with Crippen molar-refractivity contribution in [1.82, 2.24) is 9.97 Å². The smallest absolute Gasteiger partial charge is 0.433 e. The van der Waals surface area contributed by atoms with Crippen molar-refractivity contribution in [1.29, 1.82) is 0 Å². The van der Waals surface area contributed by atoms with E-state index >= 15 is 0 Å². The van der Waals surface area contributed by atoms with Crippen molar-refractivity contribution in [2.45, 2.75) is 19.6 Å².